The van der Waals surface area contributed by atoms with Crippen LogP contribution in [0.4, 0.5) is 0 Å². The highest BCUT2D eigenvalue weighted by Crippen LogP contribution is 2.38. The summed E-state index contributed by atoms with van der Waals surface area (Å²) in [4.78, 5) is 15.2. The van der Waals surface area contributed by atoms with Crippen LogP contribution in [-0.4, -0.2) is 39.8 Å². The standard InChI is InChI=1S/C20H22N4O3/c1-12-6-4-7-14(19(12)26-3)20(25)24-9-5-8-16(24)18-15(11-21-22-18)17-10-13(2)23-27-17/h4,6-7,10-11,16H,5,8-9H2,1-3H3,(H,21,22)/t16-/m1/s1. The zero-order chi connectivity index (χ0) is 19.0. The van der Waals surface area contributed by atoms with Crippen molar-refractivity contribution >= 4 is 5.91 Å². The van der Waals surface area contributed by atoms with E-state index < -0.39 is 0 Å². The van der Waals surface area contributed by atoms with Crippen LogP contribution in [0, 0.1) is 13.8 Å². The Balaban J connectivity index is 1.69. The minimum Gasteiger partial charge on any atom is -0.496 e. The first-order chi connectivity index (χ1) is 13.1. The van der Waals surface area contributed by atoms with Crippen molar-refractivity contribution in [3.63, 3.8) is 0 Å². The van der Waals surface area contributed by atoms with Gasteiger partial charge in [0.1, 0.15) is 5.75 Å². The summed E-state index contributed by atoms with van der Waals surface area (Å²) in [5, 5.41) is 11.2. The minimum atomic E-state index is -0.0920. The lowest BCUT2D eigenvalue weighted by molar-refractivity contribution is 0.0729. The maximum Gasteiger partial charge on any atom is 0.258 e. The molecule has 1 aliphatic rings. The van der Waals surface area contributed by atoms with Crippen molar-refractivity contribution in [1.29, 1.82) is 0 Å². The first-order valence-electron chi connectivity index (χ1n) is 9.01. The van der Waals surface area contributed by atoms with Gasteiger partial charge in [-0.3, -0.25) is 9.89 Å². The number of aromatic amines is 1. The summed E-state index contributed by atoms with van der Waals surface area (Å²) in [5.74, 6) is 1.25. The third kappa shape index (κ3) is 2.99. The molecule has 1 fully saturated rings. The van der Waals surface area contributed by atoms with Gasteiger partial charge < -0.3 is 14.2 Å². The lowest BCUT2D eigenvalue weighted by Gasteiger charge is -2.25. The van der Waals surface area contributed by atoms with Gasteiger partial charge in [-0.1, -0.05) is 17.3 Å². The van der Waals surface area contributed by atoms with Crippen molar-refractivity contribution in [3.8, 4) is 17.1 Å². The van der Waals surface area contributed by atoms with Gasteiger partial charge in [-0.25, -0.2) is 0 Å². The molecule has 2 aromatic heterocycles. The summed E-state index contributed by atoms with van der Waals surface area (Å²) in [6.07, 6.45) is 3.52. The van der Waals surface area contributed by atoms with Gasteiger partial charge in [0, 0.05) is 12.6 Å². The maximum atomic E-state index is 13.3. The van der Waals surface area contributed by atoms with Crippen molar-refractivity contribution in [3.05, 3.63) is 53.0 Å². The van der Waals surface area contributed by atoms with E-state index in [0.717, 1.165) is 35.4 Å². The molecule has 0 spiro atoms. The Morgan fingerprint density at radius 1 is 1.37 bits per heavy atom. The minimum absolute atomic E-state index is 0.0349. The van der Waals surface area contributed by atoms with Crippen LogP contribution in [-0.2, 0) is 0 Å². The Bertz CT molecular complexity index is 975. The second-order valence-corrected chi connectivity index (χ2v) is 6.84. The third-order valence-corrected chi connectivity index (χ3v) is 5.06. The highest BCUT2D eigenvalue weighted by molar-refractivity contribution is 5.97. The van der Waals surface area contributed by atoms with Gasteiger partial charge in [0.05, 0.1) is 41.9 Å². The van der Waals surface area contributed by atoms with Crippen molar-refractivity contribution in [2.75, 3.05) is 13.7 Å². The fourth-order valence-electron chi connectivity index (χ4n) is 3.79. The van der Waals surface area contributed by atoms with Crippen LogP contribution >= 0.6 is 0 Å². The molecule has 0 saturated carbocycles. The van der Waals surface area contributed by atoms with E-state index in [-0.39, 0.29) is 11.9 Å². The van der Waals surface area contributed by atoms with Gasteiger partial charge in [0.15, 0.2) is 5.76 Å². The number of ether oxygens (including phenoxy) is 1. The van der Waals surface area contributed by atoms with Crippen LogP contribution in [0.2, 0.25) is 0 Å². The number of rotatable bonds is 4. The molecule has 27 heavy (non-hydrogen) atoms. The number of aromatic nitrogens is 3. The van der Waals surface area contributed by atoms with Crippen molar-refractivity contribution in [2.24, 2.45) is 0 Å². The molecule has 1 amide bonds. The van der Waals surface area contributed by atoms with Gasteiger partial charge in [-0.05, 0) is 38.3 Å². The smallest absolute Gasteiger partial charge is 0.258 e. The average Bonchev–Trinajstić information content (AvgIpc) is 3.40. The van der Waals surface area contributed by atoms with Gasteiger partial charge in [0.2, 0.25) is 0 Å². The summed E-state index contributed by atoms with van der Waals surface area (Å²) >= 11 is 0. The number of hydrogen-bond acceptors (Lipinski definition) is 5. The van der Waals surface area contributed by atoms with Gasteiger partial charge in [-0.2, -0.15) is 5.10 Å². The van der Waals surface area contributed by atoms with E-state index in [1.54, 1.807) is 13.3 Å². The van der Waals surface area contributed by atoms with E-state index in [1.807, 2.05) is 43.0 Å². The van der Waals surface area contributed by atoms with Crippen molar-refractivity contribution in [2.45, 2.75) is 32.7 Å². The van der Waals surface area contributed by atoms with Gasteiger partial charge in [0.25, 0.3) is 5.91 Å². The van der Waals surface area contributed by atoms with E-state index in [0.29, 0.717) is 23.6 Å². The number of nitrogens with one attached hydrogen (secondary N) is 1. The second-order valence-electron chi connectivity index (χ2n) is 6.84. The molecule has 7 nitrogen and oxygen atoms in total. The number of methoxy groups -OCH3 is 1. The molecule has 3 heterocycles. The number of carbonyl (C=O) groups is 1. The summed E-state index contributed by atoms with van der Waals surface area (Å²) in [5.41, 5.74) is 4.06. The van der Waals surface area contributed by atoms with E-state index in [1.165, 1.54) is 0 Å². The number of hydrogen-bond donors (Lipinski definition) is 1. The van der Waals surface area contributed by atoms with E-state index in [4.69, 9.17) is 9.26 Å². The Kier molecular flexibility index (Phi) is 4.43. The molecular weight excluding hydrogens is 344 g/mol. The van der Waals surface area contributed by atoms with Gasteiger partial charge in [-0.15, -0.1) is 0 Å². The molecule has 1 atom stereocenters. The van der Waals surface area contributed by atoms with Crippen molar-refractivity contribution < 1.29 is 14.1 Å². The largest absolute Gasteiger partial charge is 0.496 e. The van der Waals surface area contributed by atoms with Crippen LogP contribution in [0.3, 0.4) is 0 Å². The zero-order valence-corrected chi connectivity index (χ0v) is 15.7. The Hall–Kier alpha value is -3.09. The van der Waals surface area contributed by atoms with Crippen LogP contribution in [0.25, 0.3) is 11.3 Å². The molecule has 1 aromatic carbocycles. The maximum absolute atomic E-state index is 13.3. The number of H-pyrrole nitrogens is 1. The third-order valence-electron chi connectivity index (χ3n) is 5.06. The average molecular weight is 366 g/mol. The summed E-state index contributed by atoms with van der Waals surface area (Å²) in [6.45, 7) is 4.51. The molecule has 1 aliphatic heterocycles. The lowest BCUT2D eigenvalue weighted by atomic mass is 10.0. The van der Waals surface area contributed by atoms with Crippen LogP contribution in [0.15, 0.2) is 35.0 Å². The predicted molar refractivity (Wildman–Crippen MR) is 99.6 cm³/mol. The number of benzene rings is 1. The number of carbonyl (C=O) groups excluding carboxylic acids is 1. The molecule has 140 valence electrons. The zero-order valence-electron chi connectivity index (χ0n) is 15.7. The Labute approximate surface area is 157 Å². The molecule has 1 N–H and O–H groups in total. The molecule has 0 radical (unpaired) electrons. The van der Waals surface area contributed by atoms with E-state index >= 15 is 0 Å². The summed E-state index contributed by atoms with van der Waals surface area (Å²) in [6, 6.07) is 7.42. The molecule has 3 aromatic rings. The normalized spacial score (nSPS) is 16.7. The monoisotopic (exact) mass is 366 g/mol. The Morgan fingerprint density at radius 3 is 2.96 bits per heavy atom. The summed E-state index contributed by atoms with van der Waals surface area (Å²) < 4.78 is 10.9. The van der Waals surface area contributed by atoms with Crippen LogP contribution in [0.1, 0.15) is 46.2 Å². The topological polar surface area (TPSA) is 84.2 Å². The fourth-order valence-corrected chi connectivity index (χ4v) is 3.79. The number of likely N-dealkylation sites (tertiary alicyclic amines) is 1. The molecule has 7 heteroatoms. The predicted octanol–water partition coefficient (Wildman–Crippen LogP) is 3.67. The number of nitrogens with zero attached hydrogens (tertiary/aromatic N) is 3. The SMILES string of the molecule is COc1c(C)cccc1C(=O)N1CCC[C@@H]1c1[nH]ncc1-c1cc(C)no1. The molecular formula is C20H22N4O3. The van der Waals surface area contributed by atoms with E-state index in [9.17, 15) is 4.79 Å². The fraction of sp³-hybridized carbons (Fsp3) is 0.350. The molecule has 1 saturated heterocycles. The number of para-hydroxylation sites is 1. The molecule has 0 unspecified atom stereocenters. The number of amides is 1. The van der Waals surface area contributed by atoms with Gasteiger partial charge >= 0.3 is 0 Å². The Morgan fingerprint density at radius 2 is 2.22 bits per heavy atom. The van der Waals surface area contributed by atoms with Crippen molar-refractivity contribution in [1.82, 2.24) is 20.3 Å². The second kappa shape index (κ2) is 6.90. The lowest BCUT2D eigenvalue weighted by Crippen LogP contribution is -2.31. The van der Waals surface area contributed by atoms with Crippen LogP contribution < -0.4 is 4.74 Å². The molecule has 0 aliphatic carbocycles. The number of aryl methyl sites for hydroxylation is 2. The highest BCUT2D eigenvalue weighted by Gasteiger charge is 2.35. The molecule has 4 rings (SSSR count). The first-order valence-corrected chi connectivity index (χ1v) is 9.01. The first kappa shape index (κ1) is 17.3. The van der Waals surface area contributed by atoms with Crippen LogP contribution in [0.5, 0.6) is 5.75 Å². The quantitative estimate of drug-likeness (QED) is 0.762. The molecule has 0 bridgehead atoms. The van der Waals surface area contributed by atoms with E-state index in [2.05, 4.69) is 15.4 Å². The summed E-state index contributed by atoms with van der Waals surface area (Å²) in [7, 11) is 1.60. The highest BCUT2D eigenvalue weighted by atomic mass is 16.5.